The van der Waals surface area contributed by atoms with Gasteiger partial charge < -0.3 is 16.5 Å². The van der Waals surface area contributed by atoms with Gasteiger partial charge in [0.2, 0.25) is 11.9 Å². The number of aromatic nitrogens is 4. The van der Waals surface area contributed by atoms with Gasteiger partial charge in [-0.15, -0.1) is 0 Å². The molecule has 94 valence electrons. The maximum Gasteiger partial charge on any atom is 0.228 e. The number of nitrogen functional groups attached to an aromatic ring is 1. The highest BCUT2D eigenvalue weighted by Gasteiger charge is 2.32. The zero-order valence-corrected chi connectivity index (χ0v) is 9.63. The normalized spacial score (nSPS) is 19.9. The van der Waals surface area contributed by atoms with Crippen molar-refractivity contribution in [2.75, 3.05) is 23.7 Å². The number of nitrogens with two attached hydrogens (primary N) is 2. The molecule has 0 aromatic carbocycles. The number of hydrogen-bond donors (Lipinski definition) is 3. The van der Waals surface area contributed by atoms with E-state index in [1.165, 1.54) is 6.33 Å². The first-order valence-electron chi connectivity index (χ1n) is 5.66. The first-order chi connectivity index (χ1) is 8.69. The molecule has 1 saturated heterocycles. The van der Waals surface area contributed by atoms with Crippen molar-refractivity contribution in [2.45, 2.75) is 6.42 Å². The summed E-state index contributed by atoms with van der Waals surface area (Å²) in [5.74, 6) is 0.746. The monoisotopic (exact) mass is 247 g/mol. The van der Waals surface area contributed by atoms with E-state index in [1.807, 2.05) is 0 Å². The number of amides is 1. The second kappa shape index (κ2) is 3.91. The Balaban J connectivity index is 2.09. The van der Waals surface area contributed by atoms with Crippen LogP contribution in [0.5, 0.6) is 0 Å². The SMILES string of the molecule is NCC1CC(=O)N(c2nc(N)nc3nc[nH]c23)C1. The summed E-state index contributed by atoms with van der Waals surface area (Å²) in [5, 5.41) is 0. The van der Waals surface area contributed by atoms with Crippen molar-refractivity contribution in [3.05, 3.63) is 6.33 Å². The molecule has 8 nitrogen and oxygen atoms in total. The number of imidazole rings is 1. The van der Waals surface area contributed by atoms with Crippen molar-refractivity contribution < 1.29 is 4.79 Å². The number of carbonyl (C=O) groups excluding carboxylic acids is 1. The van der Waals surface area contributed by atoms with E-state index in [9.17, 15) is 4.79 Å². The Hall–Kier alpha value is -2.22. The Kier molecular flexibility index (Phi) is 2.37. The van der Waals surface area contributed by atoms with Gasteiger partial charge in [0.1, 0.15) is 5.52 Å². The summed E-state index contributed by atoms with van der Waals surface area (Å²) in [6, 6.07) is 0. The molecule has 1 unspecified atom stereocenters. The summed E-state index contributed by atoms with van der Waals surface area (Å²) >= 11 is 0. The maximum atomic E-state index is 12.0. The number of fused-ring (bicyclic) bond motifs is 1. The number of H-pyrrole nitrogens is 1. The fraction of sp³-hybridized carbons (Fsp3) is 0.400. The molecular formula is C10H13N7O. The van der Waals surface area contributed by atoms with Crippen LogP contribution in [-0.4, -0.2) is 38.9 Å². The average molecular weight is 247 g/mol. The zero-order valence-electron chi connectivity index (χ0n) is 9.63. The Labute approximate surface area is 102 Å². The molecule has 8 heteroatoms. The molecule has 2 aromatic rings. The van der Waals surface area contributed by atoms with Crippen molar-refractivity contribution >= 4 is 28.8 Å². The van der Waals surface area contributed by atoms with Crippen LogP contribution < -0.4 is 16.4 Å². The predicted octanol–water partition coefficient (Wildman–Crippen LogP) is -0.753. The number of rotatable bonds is 2. The van der Waals surface area contributed by atoms with E-state index in [0.717, 1.165) is 0 Å². The molecule has 2 aromatic heterocycles. The van der Waals surface area contributed by atoms with Gasteiger partial charge >= 0.3 is 0 Å². The fourth-order valence-corrected chi connectivity index (χ4v) is 2.17. The molecule has 1 aliphatic rings. The van der Waals surface area contributed by atoms with Gasteiger partial charge in [0.15, 0.2) is 11.5 Å². The van der Waals surface area contributed by atoms with E-state index in [0.29, 0.717) is 36.5 Å². The minimum absolute atomic E-state index is 0.000509. The number of nitrogens with zero attached hydrogens (tertiary/aromatic N) is 4. The van der Waals surface area contributed by atoms with E-state index in [2.05, 4.69) is 19.9 Å². The van der Waals surface area contributed by atoms with Crippen LogP contribution in [-0.2, 0) is 4.79 Å². The number of carbonyl (C=O) groups is 1. The van der Waals surface area contributed by atoms with E-state index >= 15 is 0 Å². The molecule has 3 heterocycles. The van der Waals surface area contributed by atoms with E-state index in [1.54, 1.807) is 4.90 Å². The van der Waals surface area contributed by atoms with Gasteiger partial charge in [-0.25, -0.2) is 4.98 Å². The molecular weight excluding hydrogens is 234 g/mol. The summed E-state index contributed by atoms with van der Waals surface area (Å²) < 4.78 is 0. The molecule has 18 heavy (non-hydrogen) atoms. The molecule has 1 fully saturated rings. The van der Waals surface area contributed by atoms with E-state index in [4.69, 9.17) is 11.5 Å². The summed E-state index contributed by atoms with van der Waals surface area (Å²) in [4.78, 5) is 28.6. The molecule has 0 bridgehead atoms. The Bertz CT molecular complexity index is 607. The van der Waals surface area contributed by atoms with E-state index < -0.39 is 0 Å². The second-order valence-corrected chi connectivity index (χ2v) is 4.32. The lowest BCUT2D eigenvalue weighted by atomic mass is 10.1. The molecule has 0 saturated carbocycles. The third-order valence-corrected chi connectivity index (χ3v) is 3.08. The number of anilines is 2. The zero-order chi connectivity index (χ0) is 12.7. The first kappa shape index (κ1) is 10.9. The first-order valence-corrected chi connectivity index (χ1v) is 5.66. The molecule has 0 spiro atoms. The molecule has 5 N–H and O–H groups in total. The molecule has 1 aliphatic heterocycles. The van der Waals surface area contributed by atoms with Gasteiger partial charge in [-0.05, 0) is 12.5 Å². The van der Waals surface area contributed by atoms with E-state index in [-0.39, 0.29) is 17.8 Å². The number of aromatic amines is 1. The summed E-state index contributed by atoms with van der Waals surface area (Å²) in [7, 11) is 0. The standard InChI is InChI=1S/C10H13N7O/c11-2-5-1-6(18)17(3-5)9-7-8(14-4-13-7)15-10(12)16-9/h4-5H,1-3,11H2,(H3,12,13,14,15,16). The number of hydrogen-bond acceptors (Lipinski definition) is 6. The van der Waals surface area contributed by atoms with Crippen LogP contribution >= 0.6 is 0 Å². The lowest BCUT2D eigenvalue weighted by molar-refractivity contribution is -0.117. The van der Waals surface area contributed by atoms with Gasteiger partial charge in [-0.1, -0.05) is 0 Å². The van der Waals surface area contributed by atoms with Crippen LogP contribution in [0.25, 0.3) is 11.2 Å². The van der Waals surface area contributed by atoms with Crippen LogP contribution in [0.1, 0.15) is 6.42 Å². The van der Waals surface area contributed by atoms with Crippen LogP contribution in [0.15, 0.2) is 6.33 Å². The van der Waals surface area contributed by atoms with Gasteiger partial charge in [0.05, 0.1) is 6.33 Å². The van der Waals surface area contributed by atoms with Gasteiger partial charge in [0, 0.05) is 13.0 Å². The Morgan fingerprint density at radius 1 is 1.50 bits per heavy atom. The number of nitrogens with one attached hydrogen (secondary N) is 1. The molecule has 1 atom stereocenters. The van der Waals surface area contributed by atoms with Crippen LogP contribution in [0.2, 0.25) is 0 Å². The van der Waals surface area contributed by atoms with Crippen LogP contribution in [0.4, 0.5) is 11.8 Å². The van der Waals surface area contributed by atoms with Crippen molar-refractivity contribution in [3.63, 3.8) is 0 Å². The Morgan fingerprint density at radius 2 is 2.33 bits per heavy atom. The maximum absolute atomic E-state index is 12.0. The fourth-order valence-electron chi connectivity index (χ4n) is 2.17. The quantitative estimate of drug-likeness (QED) is 0.640. The molecule has 0 radical (unpaired) electrons. The summed E-state index contributed by atoms with van der Waals surface area (Å²) in [6.45, 7) is 1.04. The lowest BCUT2D eigenvalue weighted by Gasteiger charge is -2.15. The van der Waals surface area contributed by atoms with Gasteiger partial charge in [-0.3, -0.25) is 9.69 Å². The highest BCUT2D eigenvalue weighted by molar-refractivity contribution is 6.00. The molecule has 0 aliphatic carbocycles. The highest BCUT2D eigenvalue weighted by Crippen LogP contribution is 2.27. The van der Waals surface area contributed by atoms with Crippen LogP contribution in [0, 0.1) is 5.92 Å². The van der Waals surface area contributed by atoms with Gasteiger partial charge in [-0.2, -0.15) is 9.97 Å². The molecule has 3 rings (SSSR count). The van der Waals surface area contributed by atoms with Crippen LogP contribution in [0.3, 0.4) is 0 Å². The minimum Gasteiger partial charge on any atom is -0.368 e. The summed E-state index contributed by atoms with van der Waals surface area (Å²) in [6.07, 6.45) is 1.94. The van der Waals surface area contributed by atoms with Crippen molar-refractivity contribution in [1.29, 1.82) is 0 Å². The van der Waals surface area contributed by atoms with Crippen molar-refractivity contribution in [2.24, 2.45) is 11.7 Å². The van der Waals surface area contributed by atoms with Crippen molar-refractivity contribution in [1.82, 2.24) is 19.9 Å². The second-order valence-electron chi connectivity index (χ2n) is 4.32. The third kappa shape index (κ3) is 1.58. The van der Waals surface area contributed by atoms with Crippen molar-refractivity contribution in [3.8, 4) is 0 Å². The average Bonchev–Trinajstić information content (AvgIpc) is 2.94. The predicted molar refractivity (Wildman–Crippen MR) is 65.6 cm³/mol. The topological polar surface area (TPSA) is 127 Å². The molecule has 1 amide bonds. The third-order valence-electron chi connectivity index (χ3n) is 3.08. The van der Waals surface area contributed by atoms with Gasteiger partial charge in [0.25, 0.3) is 0 Å². The summed E-state index contributed by atoms with van der Waals surface area (Å²) in [5.41, 5.74) is 12.3. The Morgan fingerprint density at radius 3 is 3.06 bits per heavy atom. The largest absolute Gasteiger partial charge is 0.368 e. The smallest absolute Gasteiger partial charge is 0.228 e. The minimum atomic E-state index is -0.000509. The lowest BCUT2D eigenvalue weighted by Crippen LogP contribution is -2.27. The highest BCUT2D eigenvalue weighted by atomic mass is 16.2.